The fourth-order valence-electron chi connectivity index (χ4n) is 2.64. The molecule has 0 spiro atoms. The molecular formula is C21H23F3N4O2. The number of guanidine groups is 1. The fraction of sp³-hybridized carbons (Fsp3) is 0.333. The van der Waals surface area contributed by atoms with Crippen LogP contribution in [-0.2, 0) is 13.1 Å². The molecule has 0 bridgehead atoms. The zero-order valence-corrected chi connectivity index (χ0v) is 16.7. The molecule has 160 valence electrons. The first kappa shape index (κ1) is 22.9. The third-order valence-electron chi connectivity index (χ3n) is 3.94. The maximum Gasteiger partial charge on any atom is 0.387 e. The normalized spacial score (nSPS) is 11.2. The average molecular weight is 420 g/mol. The molecule has 0 saturated heterocycles. The van der Waals surface area contributed by atoms with Crippen molar-refractivity contribution < 1.29 is 22.6 Å². The van der Waals surface area contributed by atoms with Gasteiger partial charge in [-0.3, -0.25) is 0 Å². The van der Waals surface area contributed by atoms with E-state index in [-0.39, 0.29) is 30.2 Å². The Kier molecular flexibility index (Phi) is 8.81. The molecule has 2 rings (SSSR count). The second-order valence-corrected chi connectivity index (χ2v) is 6.02. The van der Waals surface area contributed by atoms with Gasteiger partial charge in [-0.05, 0) is 38.1 Å². The smallest absolute Gasteiger partial charge is 0.387 e. The standard InChI is InChI=1S/C21H23F3N4O2/c1-3-26-21(28-13-16-10-14(11-25)8-9-17(16)22)27-12-15-6-5-7-18(29-4-2)19(15)30-20(23)24/h5-10,20H,3-4,12-13H2,1-2H3,(H2,26,27,28). The number of rotatable bonds is 9. The van der Waals surface area contributed by atoms with Gasteiger partial charge < -0.3 is 20.1 Å². The highest BCUT2D eigenvalue weighted by atomic mass is 19.3. The Balaban J connectivity index is 2.19. The van der Waals surface area contributed by atoms with Crippen molar-refractivity contribution in [3.63, 3.8) is 0 Å². The van der Waals surface area contributed by atoms with E-state index in [0.717, 1.165) is 0 Å². The summed E-state index contributed by atoms with van der Waals surface area (Å²) in [5.74, 6) is 0.0506. The molecule has 2 aromatic rings. The SMILES string of the molecule is CCNC(=NCc1cc(C#N)ccc1F)NCc1cccc(OCC)c1OC(F)F. The van der Waals surface area contributed by atoms with Crippen LogP contribution in [0, 0.1) is 17.1 Å². The minimum atomic E-state index is -3.00. The molecule has 30 heavy (non-hydrogen) atoms. The molecule has 0 heterocycles. The number of nitrogens with one attached hydrogen (secondary N) is 2. The van der Waals surface area contributed by atoms with Crippen molar-refractivity contribution in [2.24, 2.45) is 4.99 Å². The summed E-state index contributed by atoms with van der Waals surface area (Å²) in [4.78, 5) is 4.31. The van der Waals surface area contributed by atoms with E-state index in [0.29, 0.717) is 30.2 Å². The lowest BCUT2D eigenvalue weighted by Crippen LogP contribution is -2.37. The monoisotopic (exact) mass is 420 g/mol. The molecular weight excluding hydrogens is 397 g/mol. The lowest BCUT2D eigenvalue weighted by atomic mass is 10.1. The summed E-state index contributed by atoms with van der Waals surface area (Å²) in [6, 6.07) is 10.9. The molecule has 2 N–H and O–H groups in total. The van der Waals surface area contributed by atoms with Gasteiger partial charge in [0.05, 0.1) is 24.8 Å². The first-order valence-corrected chi connectivity index (χ1v) is 9.38. The van der Waals surface area contributed by atoms with Crippen LogP contribution in [-0.4, -0.2) is 25.7 Å². The lowest BCUT2D eigenvalue weighted by Gasteiger charge is -2.17. The minimum Gasteiger partial charge on any atom is -0.490 e. The third-order valence-corrected chi connectivity index (χ3v) is 3.94. The van der Waals surface area contributed by atoms with Gasteiger partial charge in [0, 0.05) is 24.2 Å². The summed E-state index contributed by atoms with van der Waals surface area (Å²) in [5, 5.41) is 15.0. The topological polar surface area (TPSA) is 78.7 Å². The van der Waals surface area contributed by atoms with E-state index in [2.05, 4.69) is 20.4 Å². The van der Waals surface area contributed by atoms with Crippen LogP contribution in [0.3, 0.4) is 0 Å². The van der Waals surface area contributed by atoms with Gasteiger partial charge >= 0.3 is 6.61 Å². The molecule has 0 aromatic heterocycles. The Morgan fingerprint density at radius 1 is 1.17 bits per heavy atom. The molecule has 0 fully saturated rings. The largest absolute Gasteiger partial charge is 0.490 e. The highest BCUT2D eigenvalue weighted by Gasteiger charge is 2.16. The van der Waals surface area contributed by atoms with Gasteiger partial charge in [-0.15, -0.1) is 0 Å². The van der Waals surface area contributed by atoms with Crippen LogP contribution < -0.4 is 20.1 Å². The molecule has 0 amide bonds. The highest BCUT2D eigenvalue weighted by molar-refractivity contribution is 5.79. The van der Waals surface area contributed by atoms with Crippen molar-refractivity contribution in [3.05, 3.63) is 58.9 Å². The number of hydrogen-bond acceptors (Lipinski definition) is 4. The number of nitriles is 1. The summed E-state index contributed by atoms with van der Waals surface area (Å²) < 4.78 is 49.7. The Hall–Kier alpha value is -3.41. The van der Waals surface area contributed by atoms with Crippen LogP contribution in [0.1, 0.15) is 30.5 Å². The molecule has 0 atom stereocenters. The molecule has 0 radical (unpaired) electrons. The maximum atomic E-state index is 14.0. The number of alkyl halides is 2. The lowest BCUT2D eigenvalue weighted by molar-refractivity contribution is -0.0520. The van der Waals surface area contributed by atoms with E-state index in [9.17, 15) is 13.2 Å². The second kappa shape index (κ2) is 11.6. The summed E-state index contributed by atoms with van der Waals surface area (Å²) in [6.45, 7) is 1.55. The van der Waals surface area contributed by atoms with Crippen molar-refractivity contribution >= 4 is 5.96 Å². The number of benzene rings is 2. The molecule has 9 heteroatoms. The fourth-order valence-corrected chi connectivity index (χ4v) is 2.64. The van der Waals surface area contributed by atoms with Crippen molar-refractivity contribution in [1.29, 1.82) is 5.26 Å². The predicted molar refractivity (Wildman–Crippen MR) is 107 cm³/mol. The van der Waals surface area contributed by atoms with Gasteiger partial charge in [-0.25, -0.2) is 9.38 Å². The number of aliphatic imine (C=N–C) groups is 1. The van der Waals surface area contributed by atoms with Crippen LogP contribution >= 0.6 is 0 Å². The van der Waals surface area contributed by atoms with Gasteiger partial charge in [-0.2, -0.15) is 14.0 Å². The summed E-state index contributed by atoms with van der Waals surface area (Å²) in [5.41, 5.74) is 1.05. The van der Waals surface area contributed by atoms with Crippen LogP contribution in [0.2, 0.25) is 0 Å². The second-order valence-electron chi connectivity index (χ2n) is 6.02. The maximum absolute atomic E-state index is 14.0. The first-order chi connectivity index (χ1) is 14.5. The van der Waals surface area contributed by atoms with Gasteiger partial charge in [0.2, 0.25) is 0 Å². The van der Waals surface area contributed by atoms with E-state index in [1.54, 1.807) is 25.1 Å². The van der Waals surface area contributed by atoms with E-state index in [4.69, 9.17) is 10.00 Å². The number of ether oxygens (including phenoxy) is 2. The quantitative estimate of drug-likeness (QED) is 0.474. The number of nitrogens with zero attached hydrogens (tertiary/aromatic N) is 2. The molecule has 0 aliphatic carbocycles. The Morgan fingerprint density at radius 2 is 1.97 bits per heavy atom. The highest BCUT2D eigenvalue weighted by Crippen LogP contribution is 2.32. The van der Waals surface area contributed by atoms with Gasteiger partial charge in [0.25, 0.3) is 0 Å². The Bertz CT molecular complexity index is 914. The zero-order chi connectivity index (χ0) is 21.9. The molecule has 0 saturated carbocycles. The number of para-hydroxylation sites is 1. The summed E-state index contributed by atoms with van der Waals surface area (Å²) in [6.07, 6.45) is 0. The van der Waals surface area contributed by atoms with Crippen molar-refractivity contribution in [2.75, 3.05) is 13.2 Å². The van der Waals surface area contributed by atoms with Crippen LogP contribution in [0.5, 0.6) is 11.5 Å². The Morgan fingerprint density at radius 3 is 2.63 bits per heavy atom. The molecule has 0 aliphatic rings. The molecule has 6 nitrogen and oxygen atoms in total. The van der Waals surface area contributed by atoms with Gasteiger partial charge in [0.15, 0.2) is 17.5 Å². The van der Waals surface area contributed by atoms with Crippen molar-refractivity contribution in [1.82, 2.24) is 10.6 Å². The van der Waals surface area contributed by atoms with Gasteiger partial charge in [0.1, 0.15) is 5.82 Å². The van der Waals surface area contributed by atoms with E-state index in [1.807, 2.05) is 13.0 Å². The van der Waals surface area contributed by atoms with Crippen molar-refractivity contribution in [2.45, 2.75) is 33.5 Å². The summed E-state index contributed by atoms with van der Waals surface area (Å²) in [7, 11) is 0. The molecule has 2 aromatic carbocycles. The van der Waals surface area contributed by atoms with E-state index in [1.165, 1.54) is 18.2 Å². The van der Waals surface area contributed by atoms with E-state index >= 15 is 0 Å². The predicted octanol–water partition coefficient (Wildman–Crippen LogP) is 3.95. The van der Waals surface area contributed by atoms with Crippen LogP contribution in [0.25, 0.3) is 0 Å². The molecule has 0 aliphatic heterocycles. The zero-order valence-electron chi connectivity index (χ0n) is 16.7. The first-order valence-electron chi connectivity index (χ1n) is 9.38. The van der Waals surface area contributed by atoms with Crippen molar-refractivity contribution in [3.8, 4) is 17.6 Å². The minimum absolute atomic E-state index is 0.00391. The number of hydrogen-bond donors (Lipinski definition) is 2. The van der Waals surface area contributed by atoms with Crippen LogP contribution in [0.4, 0.5) is 13.2 Å². The summed E-state index contributed by atoms with van der Waals surface area (Å²) >= 11 is 0. The van der Waals surface area contributed by atoms with Crippen LogP contribution in [0.15, 0.2) is 41.4 Å². The average Bonchev–Trinajstić information content (AvgIpc) is 2.72. The van der Waals surface area contributed by atoms with Gasteiger partial charge in [-0.1, -0.05) is 12.1 Å². The van der Waals surface area contributed by atoms with E-state index < -0.39 is 12.4 Å². The Labute approximate surface area is 173 Å². The molecule has 0 unspecified atom stereocenters. The third kappa shape index (κ3) is 6.58. The number of halogens is 3.